The normalized spacial score (nSPS) is 10.8. The molecular weight excluding hydrogens is 354 g/mol. The standard InChI is InChI=1S/C23H21NO4/c1-17-5-2-7-19(11-17)15-27-22-10-4-9-21(13-22)20-8-3-6-18(12-20)14-24-28-16-23(25)26/h2-14H,15-16H2,1H3,(H,25,26)/b24-14+. The number of aliphatic carboxylic acids is 1. The molecule has 0 aliphatic rings. The van der Waals surface area contributed by atoms with Crippen LogP contribution in [-0.2, 0) is 16.2 Å². The molecule has 0 fully saturated rings. The van der Waals surface area contributed by atoms with E-state index in [-0.39, 0.29) is 0 Å². The Balaban J connectivity index is 1.69. The highest BCUT2D eigenvalue weighted by Crippen LogP contribution is 2.25. The van der Waals surface area contributed by atoms with E-state index in [1.165, 1.54) is 11.8 Å². The maximum absolute atomic E-state index is 10.4. The number of ether oxygens (including phenoxy) is 1. The zero-order valence-corrected chi connectivity index (χ0v) is 15.5. The Kier molecular flexibility index (Phi) is 6.41. The van der Waals surface area contributed by atoms with Crippen LogP contribution in [0.3, 0.4) is 0 Å². The number of hydrogen-bond acceptors (Lipinski definition) is 4. The Morgan fingerprint density at radius 1 is 1.00 bits per heavy atom. The van der Waals surface area contributed by atoms with Gasteiger partial charge in [0.25, 0.3) is 0 Å². The lowest BCUT2D eigenvalue weighted by Gasteiger charge is -2.09. The van der Waals surface area contributed by atoms with Gasteiger partial charge in [-0.25, -0.2) is 4.79 Å². The largest absolute Gasteiger partial charge is 0.489 e. The third-order valence-electron chi connectivity index (χ3n) is 4.01. The number of oxime groups is 1. The van der Waals surface area contributed by atoms with Crippen molar-refractivity contribution in [3.05, 3.63) is 89.5 Å². The Morgan fingerprint density at radius 2 is 1.75 bits per heavy atom. The highest BCUT2D eigenvalue weighted by Gasteiger charge is 2.02. The van der Waals surface area contributed by atoms with Gasteiger partial charge in [0.05, 0.1) is 6.21 Å². The molecule has 0 amide bonds. The molecule has 3 aromatic rings. The van der Waals surface area contributed by atoms with Crippen molar-refractivity contribution in [1.82, 2.24) is 0 Å². The van der Waals surface area contributed by atoms with Gasteiger partial charge >= 0.3 is 5.97 Å². The summed E-state index contributed by atoms with van der Waals surface area (Å²) in [7, 11) is 0. The van der Waals surface area contributed by atoms with Crippen molar-refractivity contribution in [3.63, 3.8) is 0 Å². The molecule has 0 saturated carbocycles. The molecular formula is C23H21NO4. The predicted octanol–water partition coefficient (Wildman–Crippen LogP) is 4.68. The van der Waals surface area contributed by atoms with Gasteiger partial charge in [0.15, 0.2) is 0 Å². The van der Waals surface area contributed by atoms with Crippen molar-refractivity contribution in [2.75, 3.05) is 6.61 Å². The molecule has 0 saturated heterocycles. The number of carboxylic acids is 1. The van der Waals surface area contributed by atoms with E-state index in [0.29, 0.717) is 6.61 Å². The Morgan fingerprint density at radius 3 is 2.54 bits per heavy atom. The summed E-state index contributed by atoms with van der Waals surface area (Å²) in [6.45, 7) is 2.11. The number of benzene rings is 3. The topological polar surface area (TPSA) is 68.1 Å². The molecule has 0 atom stereocenters. The first-order chi connectivity index (χ1) is 13.6. The third kappa shape index (κ3) is 5.71. The maximum atomic E-state index is 10.4. The van der Waals surface area contributed by atoms with E-state index in [9.17, 15) is 4.79 Å². The summed E-state index contributed by atoms with van der Waals surface area (Å²) in [5.41, 5.74) is 5.17. The zero-order chi connectivity index (χ0) is 19.8. The van der Waals surface area contributed by atoms with Crippen LogP contribution in [0, 0.1) is 6.92 Å². The molecule has 0 aliphatic carbocycles. The van der Waals surface area contributed by atoms with Gasteiger partial charge in [-0.2, -0.15) is 0 Å². The van der Waals surface area contributed by atoms with Crippen molar-refractivity contribution in [1.29, 1.82) is 0 Å². The minimum atomic E-state index is -1.06. The van der Waals surface area contributed by atoms with Gasteiger partial charge in [-0.05, 0) is 47.4 Å². The first kappa shape index (κ1) is 19.2. The number of carboxylic acid groups (broad SMARTS) is 1. The number of rotatable bonds is 8. The molecule has 3 aromatic carbocycles. The Labute approximate surface area is 163 Å². The quantitative estimate of drug-likeness (QED) is 0.459. The minimum Gasteiger partial charge on any atom is -0.489 e. The van der Waals surface area contributed by atoms with E-state index in [1.54, 1.807) is 0 Å². The van der Waals surface area contributed by atoms with Crippen molar-refractivity contribution in [2.45, 2.75) is 13.5 Å². The molecule has 28 heavy (non-hydrogen) atoms. The highest BCUT2D eigenvalue weighted by molar-refractivity contribution is 5.82. The number of carbonyl (C=O) groups is 1. The maximum Gasteiger partial charge on any atom is 0.344 e. The number of nitrogens with zero attached hydrogens (tertiary/aromatic N) is 1. The zero-order valence-electron chi connectivity index (χ0n) is 15.5. The molecule has 0 heterocycles. The van der Waals surface area contributed by atoms with Crippen LogP contribution in [0.15, 0.2) is 78.0 Å². The lowest BCUT2D eigenvalue weighted by atomic mass is 10.0. The molecule has 5 nitrogen and oxygen atoms in total. The molecule has 0 aromatic heterocycles. The number of hydrogen-bond donors (Lipinski definition) is 1. The molecule has 0 bridgehead atoms. The SMILES string of the molecule is Cc1cccc(COc2cccc(-c3cccc(/C=N/OCC(=O)O)c3)c2)c1. The van der Waals surface area contributed by atoms with Gasteiger partial charge in [0.1, 0.15) is 12.4 Å². The first-order valence-electron chi connectivity index (χ1n) is 8.86. The molecule has 0 aliphatic heterocycles. The summed E-state index contributed by atoms with van der Waals surface area (Å²) in [4.78, 5) is 15.1. The Bertz CT molecular complexity index is 982. The fourth-order valence-electron chi connectivity index (χ4n) is 2.72. The second kappa shape index (κ2) is 9.37. The van der Waals surface area contributed by atoms with Gasteiger partial charge in [0.2, 0.25) is 6.61 Å². The van der Waals surface area contributed by atoms with Crippen LogP contribution in [0.25, 0.3) is 11.1 Å². The summed E-state index contributed by atoms with van der Waals surface area (Å²) < 4.78 is 5.94. The molecule has 0 radical (unpaired) electrons. The van der Waals surface area contributed by atoms with Crippen molar-refractivity contribution >= 4 is 12.2 Å². The second-order valence-corrected chi connectivity index (χ2v) is 6.33. The fraction of sp³-hybridized carbons (Fsp3) is 0.130. The molecule has 0 spiro atoms. The van der Waals surface area contributed by atoms with E-state index in [4.69, 9.17) is 14.7 Å². The van der Waals surface area contributed by atoms with E-state index in [1.807, 2.05) is 60.7 Å². The summed E-state index contributed by atoms with van der Waals surface area (Å²) in [5.74, 6) is -0.267. The molecule has 0 unspecified atom stereocenters. The third-order valence-corrected chi connectivity index (χ3v) is 4.01. The highest BCUT2D eigenvalue weighted by atomic mass is 16.6. The van der Waals surface area contributed by atoms with Crippen LogP contribution < -0.4 is 4.74 Å². The molecule has 1 N–H and O–H groups in total. The van der Waals surface area contributed by atoms with E-state index in [0.717, 1.165) is 28.0 Å². The van der Waals surface area contributed by atoms with Crippen LogP contribution >= 0.6 is 0 Å². The lowest BCUT2D eigenvalue weighted by Crippen LogP contribution is -2.03. The van der Waals surface area contributed by atoms with E-state index >= 15 is 0 Å². The molecule has 3 rings (SSSR count). The van der Waals surface area contributed by atoms with Crippen molar-refractivity contribution in [2.24, 2.45) is 5.16 Å². The van der Waals surface area contributed by atoms with Gasteiger partial charge < -0.3 is 14.7 Å². The molecule has 5 heteroatoms. The summed E-state index contributed by atoms with van der Waals surface area (Å²) >= 11 is 0. The van der Waals surface area contributed by atoms with Crippen molar-refractivity contribution < 1.29 is 19.5 Å². The summed E-state index contributed by atoms with van der Waals surface area (Å²) in [6, 6.07) is 23.9. The van der Waals surface area contributed by atoms with E-state index in [2.05, 4.69) is 24.2 Å². The van der Waals surface area contributed by atoms with Crippen LogP contribution in [-0.4, -0.2) is 23.9 Å². The van der Waals surface area contributed by atoms with Crippen LogP contribution in [0.2, 0.25) is 0 Å². The minimum absolute atomic E-state index is 0.462. The van der Waals surface area contributed by atoms with Gasteiger partial charge in [0, 0.05) is 0 Å². The molecule has 142 valence electrons. The second-order valence-electron chi connectivity index (χ2n) is 6.33. The number of aryl methyl sites for hydroxylation is 1. The first-order valence-corrected chi connectivity index (χ1v) is 8.86. The fourth-order valence-corrected chi connectivity index (χ4v) is 2.72. The lowest BCUT2D eigenvalue weighted by molar-refractivity contribution is -0.142. The summed E-state index contributed by atoms with van der Waals surface area (Å²) in [5, 5.41) is 12.2. The summed E-state index contributed by atoms with van der Waals surface area (Å²) in [6.07, 6.45) is 1.49. The van der Waals surface area contributed by atoms with Gasteiger partial charge in [-0.3, -0.25) is 0 Å². The van der Waals surface area contributed by atoms with Gasteiger partial charge in [-0.1, -0.05) is 65.3 Å². The van der Waals surface area contributed by atoms with Crippen LogP contribution in [0.4, 0.5) is 0 Å². The smallest absolute Gasteiger partial charge is 0.344 e. The van der Waals surface area contributed by atoms with Crippen LogP contribution in [0.5, 0.6) is 5.75 Å². The predicted molar refractivity (Wildman–Crippen MR) is 109 cm³/mol. The average Bonchev–Trinajstić information content (AvgIpc) is 2.70. The van der Waals surface area contributed by atoms with Gasteiger partial charge in [-0.15, -0.1) is 0 Å². The van der Waals surface area contributed by atoms with E-state index < -0.39 is 12.6 Å². The van der Waals surface area contributed by atoms with Crippen molar-refractivity contribution in [3.8, 4) is 16.9 Å². The Hall–Kier alpha value is -3.60. The average molecular weight is 375 g/mol. The van der Waals surface area contributed by atoms with Crippen LogP contribution in [0.1, 0.15) is 16.7 Å². The monoisotopic (exact) mass is 375 g/mol.